The van der Waals surface area contributed by atoms with Crippen molar-refractivity contribution in [3.8, 4) is 5.75 Å². The van der Waals surface area contributed by atoms with Crippen LogP contribution in [0.4, 0.5) is 10.8 Å². The lowest BCUT2D eigenvalue weighted by Crippen LogP contribution is -2.15. The van der Waals surface area contributed by atoms with Crippen LogP contribution >= 0.6 is 11.5 Å². The molecule has 0 aliphatic carbocycles. The highest BCUT2D eigenvalue weighted by Crippen LogP contribution is 2.34. The van der Waals surface area contributed by atoms with Crippen LogP contribution in [0.3, 0.4) is 0 Å². The Labute approximate surface area is 87.1 Å². The molecule has 0 saturated heterocycles. The molecule has 0 aliphatic rings. The lowest BCUT2D eigenvalue weighted by atomic mass is 10.4. The molecule has 4 N–H and O–H groups in total. The monoisotopic (exact) mass is 217 g/mol. The van der Waals surface area contributed by atoms with E-state index >= 15 is 0 Å². The van der Waals surface area contributed by atoms with Crippen LogP contribution in [-0.4, -0.2) is 28.7 Å². The lowest BCUT2D eigenvalue weighted by Gasteiger charge is -2.08. The molecule has 5 nitrogen and oxygen atoms in total. The van der Waals surface area contributed by atoms with E-state index in [0.717, 1.165) is 5.00 Å². The number of hydrogen-bond acceptors (Lipinski definition) is 6. The molecule has 0 bridgehead atoms. The molecule has 0 fully saturated rings. The average molecular weight is 217 g/mol. The summed E-state index contributed by atoms with van der Waals surface area (Å²) in [6.07, 6.45) is -0.409. The lowest BCUT2D eigenvalue weighted by molar-refractivity contribution is 0.208. The minimum Gasteiger partial charge on any atom is -0.487 e. The van der Waals surface area contributed by atoms with Crippen molar-refractivity contribution in [1.82, 2.24) is 4.37 Å². The van der Waals surface area contributed by atoms with Crippen LogP contribution in [0.5, 0.6) is 5.75 Å². The third kappa shape index (κ3) is 2.74. The van der Waals surface area contributed by atoms with Crippen molar-refractivity contribution in [1.29, 1.82) is 0 Å². The van der Waals surface area contributed by atoms with Gasteiger partial charge in [0.05, 0.1) is 12.7 Å². The van der Waals surface area contributed by atoms with Crippen molar-refractivity contribution in [3.05, 3.63) is 0 Å². The molecule has 0 saturated carbocycles. The van der Waals surface area contributed by atoms with Gasteiger partial charge in [0, 0.05) is 6.54 Å². The van der Waals surface area contributed by atoms with Crippen molar-refractivity contribution >= 4 is 22.4 Å². The normalized spacial score (nSPS) is 12.5. The molecule has 14 heavy (non-hydrogen) atoms. The van der Waals surface area contributed by atoms with Gasteiger partial charge in [-0.3, -0.25) is 0 Å². The van der Waals surface area contributed by atoms with Crippen molar-refractivity contribution in [2.24, 2.45) is 0 Å². The Bertz CT molecular complexity index is 288. The predicted octanol–water partition coefficient (Wildman–Crippen LogP) is 0.917. The first-order valence-corrected chi connectivity index (χ1v) is 5.22. The standard InChI is InChI=1S/C8H15N3O2S/c1-3-13-6-7(9)11-14-8(6)10-4-5(2)12/h5,10,12H,3-4H2,1-2H3,(H2,9,11). The van der Waals surface area contributed by atoms with Crippen LogP contribution in [0.1, 0.15) is 13.8 Å². The zero-order valence-electron chi connectivity index (χ0n) is 8.28. The highest BCUT2D eigenvalue weighted by Gasteiger charge is 2.12. The smallest absolute Gasteiger partial charge is 0.197 e. The fourth-order valence-electron chi connectivity index (χ4n) is 0.931. The van der Waals surface area contributed by atoms with Crippen LogP contribution in [-0.2, 0) is 0 Å². The van der Waals surface area contributed by atoms with Gasteiger partial charge in [0.1, 0.15) is 0 Å². The van der Waals surface area contributed by atoms with Gasteiger partial charge in [0.2, 0.25) is 0 Å². The minimum absolute atomic E-state index is 0.393. The van der Waals surface area contributed by atoms with E-state index < -0.39 is 6.10 Å². The first kappa shape index (κ1) is 11.1. The maximum absolute atomic E-state index is 9.09. The summed E-state index contributed by atoms with van der Waals surface area (Å²) in [5, 5.41) is 12.9. The zero-order chi connectivity index (χ0) is 10.6. The number of ether oxygens (including phenoxy) is 1. The summed E-state index contributed by atoms with van der Waals surface area (Å²) in [5.74, 6) is 0.975. The summed E-state index contributed by atoms with van der Waals surface area (Å²) in [6.45, 7) is 4.60. The molecule has 1 aromatic rings. The Hall–Kier alpha value is -1.01. The minimum atomic E-state index is -0.409. The molecule has 80 valence electrons. The number of nitrogens with one attached hydrogen (secondary N) is 1. The number of nitrogens with zero attached hydrogens (tertiary/aromatic N) is 1. The van der Waals surface area contributed by atoms with Gasteiger partial charge in [0.25, 0.3) is 0 Å². The van der Waals surface area contributed by atoms with Crippen molar-refractivity contribution < 1.29 is 9.84 Å². The second kappa shape index (κ2) is 5.02. The van der Waals surface area contributed by atoms with Gasteiger partial charge in [-0.2, -0.15) is 4.37 Å². The van der Waals surface area contributed by atoms with E-state index in [-0.39, 0.29) is 0 Å². The highest BCUT2D eigenvalue weighted by molar-refractivity contribution is 7.11. The Kier molecular flexibility index (Phi) is 3.97. The molecule has 6 heteroatoms. The Morgan fingerprint density at radius 2 is 2.43 bits per heavy atom. The van der Waals surface area contributed by atoms with E-state index in [4.69, 9.17) is 15.6 Å². The molecule has 0 aliphatic heterocycles. The maximum Gasteiger partial charge on any atom is 0.197 e. The summed E-state index contributed by atoms with van der Waals surface area (Å²) in [6, 6.07) is 0. The maximum atomic E-state index is 9.09. The fourth-order valence-corrected chi connectivity index (χ4v) is 1.60. The van der Waals surface area contributed by atoms with E-state index in [9.17, 15) is 0 Å². The molecule has 0 radical (unpaired) electrons. The molecule has 1 atom stereocenters. The number of aliphatic hydroxyl groups excluding tert-OH is 1. The van der Waals surface area contributed by atoms with Gasteiger partial charge in [-0.25, -0.2) is 0 Å². The second-order valence-electron chi connectivity index (χ2n) is 2.89. The number of nitrogens with two attached hydrogens (primary N) is 1. The Morgan fingerprint density at radius 1 is 1.71 bits per heavy atom. The van der Waals surface area contributed by atoms with E-state index in [0.29, 0.717) is 24.7 Å². The topological polar surface area (TPSA) is 80.4 Å². The summed E-state index contributed by atoms with van der Waals surface area (Å²) >= 11 is 1.24. The Morgan fingerprint density at radius 3 is 3.00 bits per heavy atom. The molecule has 1 rings (SSSR count). The first-order chi connectivity index (χ1) is 6.65. The summed E-state index contributed by atoms with van der Waals surface area (Å²) in [4.78, 5) is 0. The number of hydrogen-bond donors (Lipinski definition) is 3. The average Bonchev–Trinajstić information content (AvgIpc) is 2.46. The van der Waals surface area contributed by atoms with Gasteiger partial charge in [0.15, 0.2) is 16.6 Å². The third-order valence-electron chi connectivity index (χ3n) is 1.52. The van der Waals surface area contributed by atoms with E-state index in [2.05, 4.69) is 9.69 Å². The van der Waals surface area contributed by atoms with Crippen LogP contribution in [0.25, 0.3) is 0 Å². The number of rotatable bonds is 5. The summed E-state index contributed by atoms with van der Waals surface area (Å²) in [5.41, 5.74) is 5.61. The number of nitrogen functional groups attached to an aromatic ring is 1. The number of anilines is 2. The molecule has 1 aromatic heterocycles. The van der Waals surface area contributed by atoms with E-state index in [1.807, 2.05) is 6.92 Å². The molecular formula is C8H15N3O2S. The van der Waals surface area contributed by atoms with E-state index in [1.165, 1.54) is 11.5 Å². The summed E-state index contributed by atoms with van der Waals surface area (Å²) in [7, 11) is 0. The second-order valence-corrected chi connectivity index (χ2v) is 3.66. The highest BCUT2D eigenvalue weighted by atomic mass is 32.1. The van der Waals surface area contributed by atoms with Crippen molar-refractivity contribution in [2.75, 3.05) is 24.2 Å². The first-order valence-electron chi connectivity index (χ1n) is 4.45. The SMILES string of the molecule is CCOc1c(N)nsc1NCC(C)O. The third-order valence-corrected chi connectivity index (χ3v) is 2.32. The van der Waals surface area contributed by atoms with Gasteiger partial charge in [-0.15, -0.1) is 0 Å². The number of aliphatic hydroxyl groups is 1. The zero-order valence-corrected chi connectivity index (χ0v) is 9.10. The van der Waals surface area contributed by atoms with Crippen molar-refractivity contribution in [2.45, 2.75) is 20.0 Å². The molecular weight excluding hydrogens is 202 g/mol. The quantitative estimate of drug-likeness (QED) is 0.683. The molecule has 0 spiro atoms. The van der Waals surface area contributed by atoms with Gasteiger partial charge >= 0.3 is 0 Å². The van der Waals surface area contributed by atoms with Crippen LogP contribution < -0.4 is 15.8 Å². The van der Waals surface area contributed by atoms with Crippen LogP contribution in [0.15, 0.2) is 0 Å². The molecule has 0 amide bonds. The Balaban J connectivity index is 2.65. The fraction of sp³-hybridized carbons (Fsp3) is 0.625. The van der Waals surface area contributed by atoms with Crippen LogP contribution in [0.2, 0.25) is 0 Å². The largest absolute Gasteiger partial charge is 0.487 e. The molecule has 1 unspecified atom stereocenters. The van der Waals surface area contributed by atoms with Crippen molar-refractivity contribution in [3.63, 3.8) is 0 Å². The predicted molar refractivity (Wildman–Crippen MR) is 57.9 cm³/mol. The van der Waals surface area contributed by atoms with Gasteiger partial charge in [-0.1, -0.05) is 0 Å². The molecule has 1 heterocycles. The van der Waals surface area contributed by atoms with E-state index in [1.54, 1.807) is 6.92 Å². The van der Waals surface area contributed by atoms with Gasteiger partial charge in [-0.05, 0) is 25.4 Å². The molecule has 0 aromatic carbocycles. The summed E-state index contributed by atoms with van der Waals surface area (Å²) < 4.78 is 9.28. The number of aromatic nitrogens is 1. The van der Waals surface area contributed by atoms with Crippen LogP contribution in [0, 0.1) is 0 Å². The van der Waals surface area contributed by atoms with Gasteiger partial charge < -0.3 is 20.9 Å².